The maximum Gasteiger partial charge on any atom is 0.337 e. The Hall–Kier alpha value is -3.66. The summed E-state index contributed by atoms with van der Waals surface area (Å²) in [6.07, 6.45) is 3.32. The number of nitrogen functional groups attached to an aromatic ring is 1. The smallest absolute Gasteiger partial charge is 0.337 e. The molecule has 25 heavy (non-hydrogen) atoms. The van der Waals surface area contributed by atoms with Gasteiger partial charge in [-0.25, -0.2) is 14.8 Å². The van der Waals surface area contributed by atoms with Crippen LogP contribution in [-0.2, 0) is 11.8 Å². The molecule has 7 nitrogen and oxygen atoms in total. The molecule has 0 amide bonds. The van der Waals surface area contributed by atoms with Crippen LogP contribution in [0.1, 0.15) is 15.9 Å². The van der Waals surface area contributed by atoms with Gasteiger partial charge in [0.1, 0.15) is 17.5 Å². The fourth-order valence-electron chi connectivity index (χ4n) is 2.54. The Morgan fingerprint density at radius 3 is 2.60 bits per heavy atom. The number of benzene rings is 1. The molecule has 3 rings (SSSR count). The molecule has 0 saturated carbocycles. The summed E-state index contributed by atoms with van der Waals surface area (Å²) in [5.74, 6) is -0.261. The highest BCUT2D eigenvalue weighted by Crippen LogP contribution is 2.30. The van der Waals surface area contributed by atoms with Gasteiger partial charge in [0, 0.05) is 18.2 Å². The average molecular weight is 333 g/mol. The Labute approximate surface area is 144 Å². The van der Waals surface area contributed by atoms with Gasteiger partial charge in [-0.05, 0) is 18.2 Å². The van der Waals surface area contributed by atoms with Gasteiger partial charge in [0.2, 0.25) is 0 Å². The minimum Gasteiger partial charge on any atom is -0.465 e. The number of rotatable bonds is 3. The van der Waals surface area contributed by atoms with Gasteiger partial charge in [-0.1, -0.05) is 12.1 Å². The molecule has 0 aliphatic rings. The molecule has 0 radical (unpaired) electrons. The molecule has 2 heterocycles. The molecule has 0 spiro atoms. The van der Waals surface area contributed by atoms with Crippen LogP contribution in [0, 0.1) is 11.3 Å². The fraction of sp³-hybridized carbons (Fsp3) is 0.111. The minimum atomic E-state index is -0.408. The number of aryl methyl sites for hydroxylation is 1. The molecule has 0 fully saturated rings. The van der Waals surface area contributed by atoms with Crippen LogP contribution in [0.25, 0.3) is 22.5 Å². The molecular formula is C18H15N5O2. The number of nitrogens with two attached hydrogens (primary N) is 1. The molecule has 0 aliphatic heterocycles. The third-order valence-corrected chi connectivity index (χ3v) is 3.85. The van der Waals surface area contributed by atoms with Crippen molar-refractivity contribution in [1.29, 1.82) is 5.26 Å². The van der Waals surface area contributed by atoms with E-state index < -0.39 is 5.97 Å². The van der Waals surface area contributed by atoms with Gasteiger partial charge in [0.25, 0.3) is 0 Å². The van der Waals surface area contributed by atoms with E-state index in [0.29, 0.717) is 22.4 Å². The monoisotopic (exact) mass is 333 g/mol. The van der Waals surface area contributed by atoms with Crippen LogP contribution in [0.4, 0.5) is 5.82 Å². The second-order valence-electron chi connectivity index (χ2n) is 5.39. The van der Waals surface area contributed by atoms with E-state index >= 15 is 0 Å². The number of carbonyl (C=O) groups excluding carboxylic acids is 1. The number of hydrogen-bond donors (Lipinski definition) is 1. The zero-order valence-corrected chi connectivity index (χ0v) is 13.7. The highest BCUT2D eigenvalue weighted by molar-refractivity contribution is 5.90. The number of hydrogen-bond acceptors (Lipinski definition) is 6. The topological polar surface area (TPSA) is 107 Å². The standard InChI is InChI=1S/C18H15N5O2/c1-23-10-21-9-16(23)13-7-15(22-17(20)14(13)8-19)11-3-5-12(6-4-11)18(24)25-2/h3-7,9-10H,1-2H3,(H2,20,22). The molecule has 7 heteroatoms. The van der Waals surface area contributed by atoms with Crippen LogP contribution in [0.2, 0.25) is 0 Å². The average Bonchev–Trinajstić information content (AvgIpc) is 3.06. The number of nitriles is 1. The lowest BCUT2D eigenvalue weighted by Gasteiger charge is -2.10. The van der Waals surface area contributed by atoms with E-state index in [1.807, 2.05) is 7.05 Å². The summed E-state index contributed by atoms with van der Waals surface area (Å²) in [5, 5.41) is 9.42. The second-order valence-corrected chi connectivity index (χ2v) is 5.39. The van der Waals surface area contributed by atoms with Gasteiger partial charge in [-0.2, -0.15) is 5.26 Å². The minimum absolute atomic E-state index is 0.147. The first-order chi connectivity index (χ1) is 12.0. The molecule has 3 aromatic rings. The Morgan fingerprint density at radius 2 is 2.04 bits per heavy atom. The Balaban J connectivity index is 2.12. The van der Waals surface area contributed by atoms with Crippen molar-refractivity contribution in [1.82, 2.24) is 14.5 Å². The highest BCUT2D eigenvalue weighted by atomic mass is 16.5. The molecule has 124 valence electrons. The Morgan fingerprint density at radius 1 is 1.32 bits per heavy atom. The van der Waals surface area contributed by atoms with E-state index in [0.717, 1.165) is 11.3 Å². The van der Waals surface area contributed by atoms with Gasteiger partial charge < -0.3 is 15.0 Å². The van der Waals surface area contributed by atoms with Gasteiger partial charge in [-0.15, -0.1) is 0 Å². The first kappa shape index (κ1) is 16.2. The number of carbonyl (C=O) groups is 1. The van der Waals surface area contributed by atoms with Crippen molar-refractivity contribution in [2.75, 3.05) is 12.8 Å². The predicted octanol–water partition coefficient (Wildman–Crippen LogP) is 2.39. The van der Waals surface area contributed by atoms with Crippen molar-refractivity contribution in [3.8, 4) is 28.6 Å². The summed E-state index contributed by atoms with van der Waals surface area (Å²) < 4.78 is 6.50. The number of esters is 1. The maximum absolute atomic E-state index is 11.5. The van der Waals surface area contributed by atoms with E-state index in [-0.39, 0.29) is 5.82 Å². The molecule has 0 aliphatic carbocycles. The van der Waals surface area contributed by atoms with Gasteiger partial charge in [0.15, 0.2) is 0 Å². The predicted molar refractivity (Wildman–Crippen MR) is 92.3 cm³/mol. The number of imidazole rings is 1. The van der Waals surface area contributed by atoms with Crippen LogP contribution in [0.5, 0.6) is 0 Å². The zero-order chi connectivity index (χ0) is 18.0. The molecule has 2 N–H and O–H groups in total. The fourth-order valence-corrected chi connectivity index (χ4v) is 2.54. The number of anilines is 1. The summed E-state index contributed by atoms with van der Waals surface area (Å²) >= 11 is 0. The lowest BCUT2D eigenvalue weighted by Crippen LogP contribution is -2.02. The van der Waals surface area contributed by atoms with E-state index in [4.69, 9.17) is 10.5 Å². The van der Waals surface area contributed by atoms with Crippen LogP contribution < -0.4 is 5.73 Å². The number of methoxy groups -OCH3 is 1. The summed E-state index contributed by atoms with van der Waals surface area (Å²) in [6.45, 7) is 0. The van der Waals surface area contributed by atoms with E-state index in [2.05, 4.69) is 16.0 Å². The van der Waals surface area contributed by atoms with Crippen molar-refractivity contribution in [3.63, 3.8) is 0 Å². The number of ether oxygens (including phenoxy) is 1. The molecule has 0 bridgehead atoms. The molecular weight excluding hydrogens is 318 g/mol. The summed E-state index contributed by atoms with van der Waals surface area (Å²) in [6, 6.07) is 10.7. The number of nitrogens with zero attached hydrogens (tertiary/aromatic N) is 4. The quantitative estimate of drug-likeness (QED) is 0.738. The van der Waals surface area contributed by atoms with Crippen LogP contribution in [0.3, 0.4) is 0 Å². The van der Waals surface area contributed by atoms with Gasteiger partial charge in [-0.3, -0.25) is 0 Å². The number of pyridine rings is 1. The van der Waals surface area contributed by atoms with Crippen molar-refractivity contribution in [2.45, 2.75) is 0 Å². The molecule has 1 aromatic carbocycles. The molecule has 0 atom stereocenters. The Bertz CT molecular complexity index is 984. The lowest BCUT2D eigenvalue weighted by atomic mass is 10.0. The third-order valence-electron chi connectivity index (χ3n) is 3.85. The lowest BCUT2D eigenvalue weighted by molar-refractivity contribution is 0.0601. The van der Waals surface area contributed by atoms with Crippen molar-refractivity contribution < 1.29 is 9.53 Å². The molecule has 0 saturated heterocycles. The first-order valence-electron chi connectivity index (χ1n) is 7.41. The normalized spacial score (nSPS) is 10.3. The summed E-state index contributed by atoms with van der Waals surface area (Å²) in [5.41, 5.74) is 9.53. The second kappa shape index (κ2) is 6.45. The van der Waals surface area contributed by atoms with Crippen molar-refractivity contribution in [3.05, 3.63) is 54.0 Å². The third kappa shape index (κ3) is 2.93. The SMILES string of the molecule is COC(=O)c1ccc(-c2cc(-c3cncn3C)c(C#N)c(N)n2)cc1. The van der Waals surface area contributed by atoms with Crippen LogP contribution in [-0.4, -0.2) is 27.6 Å². The Kier molecular flexibility index (Phi) is 4.18. The van der Waals surface area contributed by atoms with Crippen LogP contribution in [0.15, 0.2) is 42.9 Å². The molecule has 0 unspecified atom stereocenters. The van der Waals surface area contributed by atoms with E-state index in [1.165, 1.54) is 7.11 Å². The largest absolute Gasteiger partial charge is 0.465 e. The van der Waals surface area contributed by atoms with E-state index in [9.17, 15) is 10.1 Å². The summed E-state index contributed by atoms with van der Waals surface area (Å²) in [7, 11) is 3.17. The molecule has 2 aromatic heterocycles. The van der Waals surface area contributed by atoms with Crippen LogP contribution >= 0.6 is 0 Å². The van der Waals surface area contributed by atoms with E-state index in [1.54, 1.807) is 47.4 Å². The maximum atomic E-state index is 11.5. The highest BCUT2D eigenvalue weighted by Gasteiger charge is 2.16. The summed E-state index contributed by atoms with van der Waals surface area (Å²) in [4.78, 5) is 19.9. The van der Waals surface area contributed by atoms with Crippen molar-refractivity contribution >= 4 is 11.8 Å². The van der Waals surface area contributed by atoms with Crippen molar-refractivity contribution in [2.24, 2.45) is 7.05 Å². The number of aromatic nitrogens is 3. The van der Waals surface area contributed by atoms with Gasteiger partial charge in [0.05, 0.1) is 36.6 Å². The zero-order valence-electron chi connectivity index (χ0n) is 13.7. The first-order valence-corrected chi connectivity index (χ1v) is 7.41. The van der Waals surface area contributed by atoms with Gasteiger partial charge >= 0.3 is 5.97 Å².